The first-order valence-electron chi connectivity index (χ1n) is 11.5. The van der Waals surface area contributed by atoms with Crippen molar-refractivity contribution in [2.75, 3.05) is 4.90 Å². The summed E-state index contributed by atoms with van der Waals surface area (Å²) in [6.07, 6.45) is 0. The van der Waals surface area contributed by atoms with Gasteiger partial charge in [-0.1, -0.05) is 72.8 Å². The summed E-state index contributed by atoms with van der Waals surface area (Å²) in [6, 6.07) is 46.1. The molecular formula is C32H21NS. The lowest BCUT2D eigenvalue weighted by Crippen LogP contribution is -2.09. The Hall–Kier alpha value is -4.14. The van der Waals surface area contributed by atoms with Crippen molar-refractivity contribution in [1.29, 1.82) is 0 Å². The molecule has 0 aliphatic rings. The normalized spacial score (nSPS) is 11.5. The molecule has 1 nitrogen and oxygen atoms in total. The van der Waals surface area contributed by atoms with Gasteiger partial charge in [-0.05, 0) is 76.1 Å². The molecule has 7 rings (SSSR count). The molecule has 0 spiro atoms. The zero-order valence-electron chi connectivity index (χ0n) is 18.5. The van der Waals surface area contributed by atoms with Crippen LogP contribution in [0.1, 0.15) is 0 Å². The second-order valence-corrected chi connectivity index (χ2v) is 9.76. The van der Waals surface area contributed by atoms with Gasteiger partial charge in [0.15, 0.2) is 0 Å². The maximum Gasteiger partial charge on any atom is 0.0468 e. The van der Waals surface area contributed by atoms with Crippen LogP contribution in [0, 0.1) is 0 Å². The van der Waals surface area contributed by atoms with Crippen LogP contribution in [-0.2, 0) is 0 Å². The summed E-state index contributed by atoms with van der Waals surface area (Å²) in [5.41, 5.74) is 3.47. The van der Waals surface area contributed by atoms with Gasteiger partial charge in [-0.15, -0.1) is 11.3 Å². The van der Waals surface area contributed by atoms with Gasteiger partial charge in [0, 0.05) is 37.2 Å². The third-order valence-electron chi connectivity index (χ3n) is 6.58. The van der Waals surface area contributed by atoms with Gasteiger partial charge >= 0.3 is 0 Å². The molecule has 0 saturated carbocycles. The zero-order valence-corrected chi connectivity index (χ0v) is 19.3. The highest BCUT2D eigenvalue weighted by Gasteiger charge is 2.14. The number of nitrogens with zero attached hydrogens (tertiary/aromatic N) is 1. The fraction of sp³-hybridized carbons (Fsp3) is 0. The van der Waals surface area contributed by atoms with E-state index in [-0.39, 0.29) is 0 Å². The molecule has 7 aromatic rings. The van der Waals surface area contributed by atoms with Crippen LogP contribution < -0.4 is 4.90 Å². The zero-order chi connectivity index (χ0) is 22.5. The molecule has 1 aromatic heterocycles. The highest BCUT2D eigenvalue weighted by Crippen LogP contribution is 2.40. The van der Waals surface area contributed by atoms with Crippen molar-refractivity contribution in [2.24, 2.45) is 0 Å². The molecule has 0 unspecified atom stereocenters. The Morgan fingerprint density at radius 2 is 1.03 bits per heavy atom. The molecule has 160 valence electrons. The third-order valence-corrected chi connectivity index (χ3v) is 7.72. The van der Waals surface area contributed by atoms with Crippen molar-refractivity contribution >= 4 is 70.1 Å². The van der Waals surface area contributed by atoms with Crippen molar-refractivity contribution in [1.82, 2.24) is 0 Å². The Balaban J connectivity index is 1.44. The van der Waals surface area contributed by atoms with Gasteiger partial charge < -0.3 is 4.90 Å². The number of benzene rings is 6. The predicted octanol–water partition coefficient (Wildman–Crippen LogP) is 9.83. The monoisotopic (exact) mass is 451 g/mol. The van der Waals surface area contributed by atoms with Gasteiger partial charge in [0.2, 0.25) is 0 Å². The third kappa shape index (κ3) is 3.15. The summed E-state index contributed by atoms with van der Waals surface area (Å²) < 4.78 is 2.68. The van der Waals surface area contributed by atoms with Gasteiger partial charge in [-0.25, -0.2) is 0 Å². The molecule has 0 amide bonds. The number of fused-ring (bicyclic) bond motifs is 5. The van der Waals surface area contributed by atoms with Crippen LogP contribution >= 0.6 is 11.3 Å². The Labute approximate surface area is 202 Å². The minimum atomic E-state index is 1.15. The van der Waals surface area contributed by atoms with Crippen LogP contribution in [0.15, 0.2) is 127 Å². The van der Waals surface area contributed by atoms with Crippen LogP contribution in [-0.4, -0.2) is 0 Å². The first kappa shape index (κ1) is 19.3. The second-order valence-electron chi connectivity index (χ2n) is 8.68. The molecule has 0 saturated heterocycles. The minimum absolute atomic E-state index is 1.15. The van der Waals surface area contributed by atoms with E-state index < -0.39 is 0 Å². The lowest BCUT2D eigenvalue weighted by atomic mass is 10.0. The van der Waals surface area contributed by atoms with Crippen LogP contribution in [0.4, 0.5) is 17.1 Å². The van der Waals surface area contributed by atoms with Crippen molar-refractivity contribution in [3.63, 3.8) is 0 Å². The van der Waals surface area contributed by atoms with Crippen LogP contribution in [0.3, 0.4) is 0 Å². The highest BCUT2D eigenvalue weighted by molar-refractivity contribution is 7.25. The molecule has 0 aliphatic carbocycles. The maximum absolute atomic E-state index is 2.35. The van der Waals surface area contributed by atoms with Crippen molar-refractivity contribution in [3.05, 3.63) is 127 Å². The quantitative estimate of drug-likeness (QED) is 0.258. The summed E-state index contributed by atoms with van der Waals surface area (Å²) in [5, 5.41) is 7.72. The topological polar surface area (TPSA) is 3.24 Å². The number of rotatable bonds is 3. The Morgan fingerprint density at radius 1 is 0.382 bits per heavy atom. The molecule has 0 radical (unpaired) electrons. The number of thiophene rings is 1. The molecule has 6 aromatic carbocycles. The SMILES string of the molecule is c1ccc(N(c2ccc3ccccc3c2)c2ccc3cc4c(cc3c2)sc2ccccc24)cc1. The fourth-order valence-corrected chi connectivity index (χ4v) is 6.07. The van der Waals surface area contributed by atoms with Gasteiger partial charge in [-0.3, -0.25) is 0 Å². The van der Waals surface area contributed by atoms with E-state index in [1.165, 1.54) is 41.7 Å². The summed E-state index contributed by atoms with van der Waals surface area (Å²) >= 11 is 1.87. The smallest absolute Gasteiger partial charge is 0.0468 e. The van der Waals surface area contributed by atoms with Crippen molar-refractivity contribution in [2.45, 2.75) is 0 Å². The first-order chi connectivity index (χ1) is 16.8. The molecule has 2 heteroatoms. The van der Waals surface area contributed by atoms with Crippen LogP contribution in [0.5, 0.6) is 0 Å². The number of anilines is 3. The molecule has 0 atom stereocenters. The van der Waals surface area contributed by atoms with Crippen LogP contribution in [0.25, 0.3) is 41.7 Å². The average molecular weight is 452 g/mol. The van der Waals surface area contributed by atoms with E-state index in [4.69, 9.17) is 0 Å². The van der Waals surface area contributed by atoms with Crippen molar-refractivity contribution < 1.29 is 0 Å². The molecule has 0 fully saturated rings. The molecule has 0 N–H and O–H groups in total. The minimum Gasteiger partial charge on any atom is -0.310 e. The van der Waals surface area contributed by atoms with Gasteiger partial charge in [0.25, 0.3) is 0 Å². The van der Waals surface area contributed by atoms with Gasteiger partial charge in [-0.2, -0.15) is 0 Å². The van der Waals surface area contributed by atoms with E-state index >= 15 is 0 Å². The number of hydrogen-bond acceptors (Lipinski definition) is 2. The summed E-state index contributed by atoms with van der Waals surface area (Å²) in [6.45, 7) is 0. The van der Waals surface area contributed by atoms with Crippen LogP contribution in [0.2, 0.25) is 0 Å². The Kier molecular flexibility index (Phi) is 4.39. The molecular weight excluding hydrogens is 430 g/mol. The fourth-order valence-electron chi connectivity index (χ4n) is 4.93. The molecule has 0 aliphatic heterocycles. The lowest BCUT2D eigenvalue weighted by molar-refractivity contribution is 1.29. The van der Waals surface area contributed by atoms with E-state index in [2.05, 4.69) is 132 Å². The summed E-state index contributed by atoms with van der Waals surface area (Å²) in [4.78, 5) is 2.35. The average Bonchev–Trinajstić information content (AvgIpc) is 3.25. The van der Waals surface area contributed by atoms with E-state index in [9.17, 15) is 0 Å². The maximum atomic E-state index is 2.35. The summed E-state index contributed by atoms with van der Waals surface area (Å²) in [5.74, 6) is 0. The lowest BCUT2D eigenvalue weighted by Gasteiger charge is -2.26. The highest BCUT2D eigenvalue weighted by atomic mass is 32.1. The number of para-hydroxylation sites is 1. The largest absolute Gasteiger partial charge is 0.310 e. The molecule has 1 heterocycles. The Bertz CT molecular complexity index is 1810. The van der Waals surface area contributed by atoms with Gasteiger partial charge in [0.1, 0.15) is 0 Å². The standard InChI is InChI=1S/C32H21NS/c1-2-10-26(11-3-1)33(27-16-14-22-8-4-5-9-23(22)18-27)28-17-15-24-20-30-29-12-6-7-13-31(29)34-32(30)21-25(24)19-28/h1-21H. The van der Waals surface area contributed by atoms with E-state index in [1.807, 2.05) is 11.3 Å². The Morgan fingerprint density at radius 3 is 1.88 bits per heavy atom. The van der Waals surface area contributed by atoms with Gasteiger partial charge in [0.05, 0.1) is 0 Å². The van der Waals surface area contributed by atoms with E-state index in [0.717, 1.165) is 17.1 Å². The molecule has 34 heavy (non-hydrogen) atoms. The van der Waals surface area contributed by atoms with E-state index in [0.29, 0.717) is 0 Å². The molecule has 0 bridgehead atoms. The summed E-state index contributed by atoms with van der Waals surface area (Å²) in [7, 11) is 0. The second kappa shape index (κ2) is 7.72. The van der Waals surface area contributed by atoms with E-state index in [1.54, 1.807) is 0 Å². The predicted molar refractivity (Wildman–Crippen MR) is 149 cm³/mol. The number of hydrogen-bond donors (Lipinski definition) is 0. The first-order valence-corrected chi connectivity index (χ1v) is 12.3. The van der Waals surface area contributed by atoms with Crippen molar-refractivity contribution in [3.8, 4) is 0 Å².